The number of fused-ring (bicyclic) bond motifs is 1. The molecule has 0 spiro atoms. The third kappa shape index (κ3) is 5.35. The Morgan fingerprint density at radius 2 is 1.69 bits per heavy atom. The normalized spacial score (nSPS) is 14.9. The van der Waals surface area contributed by atoms with Gasteiger partial charge >= 0.3 is 11.9 Å². The first kappa shape index (κ1) is 26.0. The zero-order valence-corrected chi connectivity index (χ0v) is 21.9. The number of methoxy groups -OCH3 is 1. The molecule has 1 aliphatic rings. The van der Waals surface area contributed by atoms with Crippen molar-refractivity contribution in [2.24, 2.45) is 4.99 Å². The number of benzene rings is 3. The van der Waals surface area contributed by atoms with Crippen LogP contribution in [0.4, 0.5) is 4.39 Å². The second-order valence-electron chi connectivity index (χ2n) is 8.81. The summed E-state index contributed by atoms with van der Waals surface area (Å²) in [7, 11) is 1.29. The van der Waals surface area contributed by atoms with E-state index in [4.69, 9.17) is 9.47 Å². The van der Waals surface area contributed by atoms with Crippen LogP contribution in [0.25, 0.3) is 6.08 Å². The van der Waals surface area contributed by atoms with Gasteiger partial charge in [-0.2, -0.15) is 0 Å². The molecule has 39 heavy (non-hydrogen) atoms. The minimum absolute atomic E-state index is 0.0550. The summed E-state index contributed by atoms with van der Waals surface area (Å²) in [4.78, 5) is 44.2. The Kier molecular flexibility index (Phi) is 7.33. The highest BCUT2D eigenvalue weighted by atomic mass is 32.1. The fraction of sp³-hybridized carbons (Fsp3) is 0.133. The highest BCUT2D eigenvalue weighted by Crippen LogP contribution is 2.31. The lowest BCUT2D eigenvalue weighted by Crippen LogP contribution is -2.39. The van der Waals surface area contributed by atoms with E-state index in [1.165, 1.54) is 35.1 Å². The molecule has 9 heteroatoms. The number of halogens is 1. The van der Waals surface area contributed by atoms with Crippen LogP contribution in [0.3, 0.4) is 0 Å². The van der Waals surface area contributed by atoms with Crippen LogP contribution < -0.4 is 14.9 Å². The van der Waals surface area contributed by atoms with Crippen LogP contribution in [-0.2, 0) is 20.9 Å². The van der Waals surface area contributed by atoms with Gasteiger partial charge in [-0.05, 0) is 54.0 Å². The minimum atomic E-state index is -0.841. The van der Waals surface area contributed by atoms with E-state index >= 15 is 0 Å². The third-order valence-corrected chi connectivity index (χ3v) is 7.25. The predicted molar refractivity (Wildman–Crippen MR) is 144 cm³/mol. The number of esters is 2. The maximum Gasteiger partial charge on any atom is 0.338 e. The molecule has 1 aromatic heterocycles. The average Bonchev–Trinajstić information content (AvgIpc) is 3.26. The fourth-order valence-corrected chi connectivity index (χ4v) is 5.38. The van der Waals surface area contributed by atoms with Crippen molar-refractivity contribution in [2.45, 2.75) is 19.6 Å². The highest BCUT2D eigenvalue weighted by molar-refractivity contribution is 7.07. The number of hydrogen-bond acceptors (Lipinski definition) is 7. The van der Waals surface area contributed by atoms with Crippen LogP contribution in [0.15, 0.2) is 99.9 Å². The van der Waals surface area contributed by atoms with E-state index < -0.39 is 18.0 Å². The zero-order valence-electron chi connectivity index (χ0n) is 21.1. The second kappa shape index (κ2) is 11.0. The number of nitrogens with zero attached hydrogens (tertiary/aromatic N) is 2. The van der Waals surface area contributed by atoms with Gasteiger partial charge in [0.2, 0.25) is 0 Å². The summed E-state index contributed by atoms with van der Waals surface area (Å²) in [5.74, 6) is -1.48. The van der Waals surface area contributed by atoms with Crippen LogP contribution in [-0.4, -0.2) is 23.6 Å². The van der Waals surface area contributed by atoms with Crippen molar-refractivity contribution in [3.63, 3.8) is 0 Å². The van der Waals surface area contributed by atoms with Crippen molar-refractivity contribution >= 4 is 29.4 Å². The van der Waals surface area contributed by atoms with Gasteiger partial charge in [-0.25, -0.2) is 19.0 Å². The van der Waals surface area contributed by atoms with E-state index in [2.05, 4.69) is 4.99 Å². The maximum atomic E-state index is 13.7. The van der Waals surface area contributed by atoms with Crippen molar-refractivity contribution in [1.82, 2.24) is 4.57 Å². The molecule has 2 heterocycles. The SMILES string of the molecule is COC(=O)c1ccc(C2C(C(=O)OCc3ccccc3)=C(C)N=c3sc(=Cc4ccc(F)cc4)c(=O)n32)cc1. The molecule has 0 saturated heterocycles. The number of hydrogen-bond donors (Lipinski definition) is 0. The number of carbonyl (C=O) groups excluding carboxylic acids is 2. The molecule has 0 N–H and O–H groups in total. The van der Waals surface area contributed by atoms with Crippen molar-refractivity contribution in [1.29, 1.82) is 0 Å². The fourth-order valence-electron chi connectivity index (χ4n) is 4.33. The molecule has 0 bridgehead atoms. The van der Waals surface area contributed by atoms with E-state index in [0.717, 1.165) is 5.56 Å². The summed E-state index contributed by atoms with van der Waals surface area (Å²) < 4.78 is 25.7. The van der Waals surface area contributed by atoms with Gasteiger partial charge in [0.15, 0.2) is 4.80 Å². The lowest BCUT2D eigenvalue weighted by atomic mass is 9.95. The van der Waals surface area contributed by atoms with Crippen LogP contribution >= 0.6 is 11.3 Å². The summed E-state index contributed by atoms with van der Waals surface area (Å²) >= 11 is 1.17. The standard InChI is InChI=1S/C30H23FN2O5S/c1-18-25(29(36)38-17-20-6-4-3-5-7-20)26(21-10-12-22(13-11-21)28(35)37-2)33-27(34)24(39-30(33)32-18)16-19-8-14-23(31)15-9-19/h3-16,26H,17H2,1-2H3. The lowest BCUT2D eigenvalue weighted by Gasteiger charge is -2.25. The molecule has 0 aliphatic carbocycles. The Morgan fingerprint density at radius 3 is 2.36 bits per heavy atom. The molecular weight excluding hydrogens is 519 g/mol. The van der Waals surface area contributed by atoms with Crippen LogP contribution in [0, 0.1) is 5.82 Å². The number of thiazole rings is 1. The number of carbonyl (C=O) groups is 2. The van der Waals surface area contributed by atoms with E-state index in [0.29, 0.717) is 31.7 Å². The first-order valence-corrected chi connectivity index (χ1v) is 12.8. The van der Waals surface area contributed by atoms with Crippen LogP contribution in [0.2, 0.25) is 0 Å². The molecule has 1 aliphatic heterocycles. The largest absolute Gasteiger partial charge is 0.465 e. The lowest BCUT2D eigenvalue weighted by molar-refractivity contribution is -0.140. The van der Waals surface area contributed by atoms with Crippen molar-refractivity contribution in [3.8, 4) is 0 Å². The topological polar surface area (TPSA) is 87.0 Å². The first-order chi connectivity index (χ1) is 18.9. The maximum absolute atomic E-state index is 13.7. The van der Waals surface area contributed by atoms with Crippen molar-refractivity contribution < 1.29 is 23.5 Å². The molecule has 1 unspecified atom stereocenters. The zero-order chi connectivity index (χ0) is 27.5. The van der Waals surface area contributed by atoms with Crippen LogP contribution in [0.5, 0.6) is 0 Å². The summed E-state index contributed by atoms with van der Waals surface area (Å²) in [5, 5.41) is 0. The average molecular weight is 543 g/mol. The molecule has 0 amide bonds. The molecule has 0 radical (unpaired) electrons. The summed E-state index contributed by atoms with van der Waals surface area (Å²) in [6.07, 6.45) is 1.66. The van der Waals surface area contributed by atoms with Crippen molar-refractivity contribution in [3.05, 3.63) is 138 Å². The van der Waals surface area contributed by atoms with E-state index in [1.807, 2.05) is 30.3 Å². The summed E-state index contributed by atoms with van der Waals surface area (Å²) in [5.41, 5.74) is 2.68. The molecule has 7 nitrogen and oxygen atoms in total. The van der Waals surface area contributed by atoms with E-state index in [-0.39, 0.29) is 23.6 Å². The molecule has 3 aromatic carbocycles. The van der Waals surface area contributed by atoms with Gasteiger partial charge in [-0.3, -0.25) is 9.36 Å². The number of allylic oxidation sites excluding steroid dienone is 1. The second-order valence-corrected chi connectivity index (χ2v) is 9.82. The van der Waals surface area contributed by atoms with Gasteiger partial charge in [-0.1, -0.05) is 65.9 Å². The Labute approximate surface area is 226 Å². The third-order valence-electron chi connectivity index (χ3n) is 6.27. The van der Waals surface area contributed by atoms with Gasteiger partial charge in [0, 0.05) is 0 Å². The minimum Gasteiger partial charge on any atom is -0.465 e. The first-order valence-electron chi connectivity index (χ1n) is 12.0. The quantitative estimate of drug-likeness (QED) is 0.345. The van der Waals surface area contributed by atoms with Crippen molar-refractivity contribution in [2.75, 3.05) is 7.11 Å². The van der Waals surface area contributed by atoms with Crippen LogP contribution in [0.1, 0.15) is 40.0 Å². The number of rotatable bonds is 6. The van der Waals surface area contributed by atoms with Gasteiger partial charge in [0.05, 0.1) is 34.5 Å². The molecule has 4 aromatic rings. The molecular formula is C30H23FN2O5S. The summed E-state index contributed by atoms with van der Waals surface area (Å²) in [6, 6.07) is 20.7. The van der Waals surface area contributed by atoms with E-state index in [9.17, 15) is 18.8 Å². The van der Waals surface area contributed by atoms with Gasteiger partial charge in [0.1, 0.15) is 12.4 Å². The Bertz CT molecular complexity index is 1760. The number of aromatic nitrogens is 1. The van der Waals surface area contributed by atoms with Gasteiger partial charge in [0.25, 0.3) is 5.56 Å². The molecule has 1 atom stereocenters. The summed E-state index contributed by atoms with van der Waals surface area (Å²) in [6.45, 7) is 1.76. The Hall–Kier alpha value is -4.63. The predicted octanol–water partition coefficient (Wildman–Crippen LogP) is 3.90. The number of ether oxygens (including phenoxy) is 2. The van der Waals surface area contributed by atoms with Gasteiger partial charge < -0.3 is 9.47 Å². The monoisotopic (exact) mass is 542 g/mol. The molecule has 0 saturated carbocycles. The molecule has 0 fully saturated rings. The Balaban J connectivity index is 1.61. The highest BCUT2D eigenvalue weighted by Gasteiger charge is 2.33. The van der Waals surface area contributed by atoms with Gasteiger partial charge in [-0.15, -0.1) is 0 Å². The van der Waals surface area contributed by atoms with E-state index in [1.54, 1.807) is 49.4 Å². The molecule has 196 valence electrons. The molecule has 5 rings (SSSR count). The smallest absolute Gasteiger partial charge is 0.338 e. The Morgan fingerprint density at radius 1 is 1.00 bits per heavy atom.